The Hall–Kier alpha value is -1.46. The molecule has 2 aromatic rings. The maximum absolute atomic E-state index is 5.53. The summed E-state index contributed by atoms with van der Waals surface area (Å²) in [7, 11) is 0. The molecule has 0 spiro atoms. The average Bonchev–Trinajstić information content (AvgIpc) is 2.32. The maximum atomic E-state index is 5.53. The number of hydrogen-bond acceptors (Lipinski definition) is 5. The fourth-order valence-corrected chi connectivity index (χ4v) is 1.86. The predicted molar refractivity (Wildman–Crippen MR) is 63.0 cm³/mol. The lowest BCUT2D eigenvalue weighted by molar-refractivity contribution is 0.921. The van der Waals surface area contributed by atoms with E-state index in [1.54, 1.807) is 12.4 Å². The minimum Gasteiger partial charge on any atom is -0.325 e. The summed E-state index contributed by atoms with van der Waals surface area (Å²) in [6.45, 7) is 2.41. The summed E-state index contributed by atoms with van der Waals surface area (Å²) in [5.41, 5.74) is 7.45. The molecule has 0 aliphatic carbocycles. The fourth-order valence-electron chi connectivity index (χ4n) is 1.16. The molecule has 5 heteroatoms. The largest absolute Gasteiger partial charge is 0.325 e. The molecule has 0 unspecified atom stereocenters. The summed E-state index contributed by atoms with van der Waals surface area (Å²) in [4.78, 5) is 12.8. The van der Waals surface area contributed by atoms with Crippen molar-refractivity contribution in [3.05, 3.63) is 41.9 Å². The second kappa shape index (κ2) is 5.05. The van der Waals surface area contributed by atoms with Gasteiger partial charge in [0.05, 0.1) is 5.69 Å². The predicted octanol–water partition coefficient (Wildman–Crippen LogP) is 1.79. The van der Waals surface area contributed by atoms with Crippen LogP contribution in [0.25, 0.3) is 0 Å². The molecular formula is C11H12N4S. The first-order valence-electron chi connectivity index (χ1n) is 4.90. The molecule has 0 aromatic carbocycles. The van der Waals surface area contributed by atoms with Crippen molar-refractivity contribution in [3.63, 3.8) is 0 Å². The van der Waals surface area contributed by atoms with E-state index in [1.807, 2.05) is 25.1 Å². The molecule has 4 nitrogen and oxygen atoms in total. The van der Waals surface area contributed by atoms with Gasteiger partial charge in [-0.3, -0.25) is 0 Å². The summed E-state index contributed by atoms with van der Waals surface area (Å²) in [6, 6.07) is 5.76. The Kier molecular flexibility index (Phi) is 3.48. The Morgan fingerprint density at radius 2 is 2.00 bits per heavy atom. The molecule has 0 amide bonds. The molecule has 0 saturated carbocycles. The minimum absolute atomic E-state index is 0.448. The highest BCUT2D eigenvalue weighted by molar-refractivity contribution is 7.99. The van der Waals surface area contributed by atoms with Gasteiger partial charge in [0.25, 0.3) is 0 Å². The van der Waals surface area contributed by atoms with Crippen LogP contribution >= 0.6 is 11.8 Å². The molecule has 0 saturated heterocycles. The quantitative estimate of drug-likeness (QED) is 0.817. The molecule has 0 aliphatic rings. The number of pyridine rings is 1. The molecule has 82 valence electrons. The van der Waals surface area contributed by atoms with Gasteiger partial charge in [0.1, 0.15) is 5.03 Å². The van der Waals surface area contributed by atoms with Crippen LogP contribution in [0.1, 0.15) is 11.3 Å². The van der Waals surface area contributed by atoms with Crippen molar-refractivity contribution in [2.24, 2.45) is 5.73 Å². The van der Waals surface area contributed by atoms with Crippen LogP contribution in [0.4, 0.5) is 0 Å². The highest BCUT2D eigenvalue weighted by Crippen LogP contribution is 2.21. The SMILES string of the molecule is Cc1cnc(Sc2cccc(CN)n2)nc1. The van der Waals surface area contributed by atoms with E-state index >= 15 is 0 Å². The summed E-state index contributed by atoms with van der Waals surface area (Å²) >= 11 is 1.44. The molecule has 2 rings (SSSR count). The zero-order valence-electron chi connectivity index (χ0n) is 8.92. The highest BCUT2D eigenvalue weighted by atomic mass is 32.2. The molecule has 2 N–H and O–H groups in total. The fraction of sp³-hybridized carbons (Fsp3) is 0.182. The van der Waals surface area contributed by atoms with E-state index in [0.29, 0.717) is 11.7 Å². The van der Waals surface area contributed by atoms with E-state index < -0.39 is 0 Å². The van der Waals surface area contributed by atoms with E-state index in [9.17, 15) is 0 Å². The first kappa shape index (κ1) is 11.0. The monoisotopic (exact) mass is 232 g/mol. The van der Waals surface area contributed by atoms with Crippen molar-refractivity contribution < 1.29 is 0 Å². The standard InChI is InChI=1S/C11H12N4S/c1-8-6-13-11(14-7-8)16-10-4-2-3-9(5-12)15-10/h2-4,6-7H,5,12H2,1H3. The van der Waals surface area contributed by atoms with Gasteiger partial charge in [-0.05, 0) is 36.4 Å². The summed E-state index contributed by atoms with van der Waals surface area (Å²) in [5, 5.41) is 1.57. The summed E-state index contributed by atoms with van der Waals surface area (Å²) in [5.74, 6) is 0. The van der Waals surface area contributed by atoms with Crippen molar-refractivity contribution in [3.8, 4) is 0 Å². The second-order valence-corrected chi connectivity index (χ2v) is 4.30. The van der Waals surface area contributed by atoms with E-state index in [-0.39, 0.29) is 0 Å². The lowest BCUT2D eigenvalue weighted by Gasteiger charge is -2.01. The van der Waals surface area contributed by atoms with E-state index in [1.165, 1.54) is 11.8 Å². The lowest BCUT2D eigenvalue weighted by atomic mass is 10.4. The van der Waals surface area contributed by atoms with Gasteiger partial charge >= 0.3 is 0 Å². The van der Waals surface area contributed by atoms with Gasteiger partial charge in [-0.25, -0.2) is 15.0 Å². The lowest BCUT2D eigenvalue weighted by Crippen LogP contribution is -1.99. The van der Waals surface area contributed by atoms with Crippen LogP contribution in [0.2, 0.25) is 0 Å². The van der Waals surface area contributed by atoms with E-state index in [2.05, 4.69) is 15.0 Å². The normalized spacial score (nSPS) is 10.4. The summed E-state index contributed by atoms with van der Waals surface area (Å²) < 4.78 is 0. The second-order valence-electron chi connectivity index (χ2n) is 3.32. The van der Waals surface area contributed by atoms with E-state index in [4.69, 9.17) is 5.73 Å². The Bertz CT molecular complexity index is 470. The van der Waals surface area contributed by atoms with Gasteiger partial charge in [-0.2, -0.15) is 0 Å². The number of aromatic nitrogens is 3. The molecular weight excluding hydrogens is 220 g/mol. The van der Waals surface area contributed by atoms with Crippen LogP contribution in [0.5, 0.6) is 0 Å². The number of nitrogens with two attached hydrogens (primary N) is 1. The van der Waals surface area contributed by atoms with Gasteiger partial charge in [-0.1, -0.05) is 6.07 Å². The Labute approximate surface area is 98.3 Å². The Balaban J connectivity index is 2.16. The number of rotatable bonds is 3. The van der Waals surface area contributed by atoms with Crippen LogP contribution in [-0.2, 0) is 6.54 Å². The van der Waals surface area contributed by atoms with Gasteiger partial charge in [-0.15, -0.1) is 0 Å². The molecule has 16 heavy (non-hydrogen) atoms. The number of hydrogen-bond donors (Lipinski definition) is 1. The van der Waals surface area contributed by atoms with Crippen molar-refractivity contribution >= 4 is 11.8 Å². The van der Waals surface area contributed by atoms with Gasteiger partial charge < -0.3 is 5.73 Å². The summed E-state index contributed by atoms with van der Waals surface area (Å²) in [6.07, 6.45) is 3.59. The van der Waals surface area contributed by atoms with Crippen molar-refractivity contribution in [2.75, 3.05) is 0 Å². The molecule has 0 bridgehead atoms. The third-order valence-corrected chi connectivity index (χ3v) is 2.77. The molecule has 0 atom stereocenters. The van der Waals surface area contributed by atoms with Crippen LogP contribution in [0, 0.1) is 6.92 Å². The zero-order chi connectivity index (χ0) is 11.4. The van der Waals surface area contributed by atoms with Gasteiger partial charge in [0.2, 0.25) is 0 Å². The molecule has 2 heterocycles. The molecule has 2 aromatic heterocycles. The minimum atomic E-state index is 0.448. The highest BCUT2D eigenvalue weighted by Gasteiger charge is 2.02. The molecule has 0 fully saturated rings. The number of aryl methyl sites for hydroxylation is 1. The molecule has 0 aliphatic heterocycles. The van der Waals surface area contributed by atoms with Crippen LogP contribution in [0.3, 0.4) is 0 Å². The first-order valence-corrected chi connectivity index (χ1v) is 5.72. The van der Waals surface area contributed by atoms with Crippen molar-refractivity contribution in [1.29, 1.82) is 0 Å². The van der Waals surface area contributed by atoms with E-state index in [0.717, 1.165) is 16.3 Å². The van der Waals surface area contributed by atoms with Crippen LogP contribution in [0.15, 0.2) is 40.8 Å². The average molecular weight is 232 g/mol. The van der Waals surface area contributed by atoms with Crippen molar-refractivity contribution in [1.82, 2.24) is 15.0 Å². The van der Waals surface area contributed by atoms with Crippen LogP contribution in [-0.4, -0.2) is 15.0 Å². The zero-order valence-corrected chi connectivity index (χ0v) is 9.74. The Morgan fingerprint density at radius 3 is 2.69 bits per heavy atom. The maximum Gasteiger partial charge on any atom is 0.193 e. The molecule has 0 radical (unpaired) electrons. The Morgan fingerprint density at radius 1 is 1.25 bits per heavy atom. The third kappa shape index (κ3) is 2.77. The topological polar surface area (TPSA) is 64.7 Å². The number of nitrogens with zero attached hydrogens (tertiary/aromatic N) is 3. The van der Waals surface area contributed by atoms with Gasteiger partial charge in [0.15, 0.2) is 5.16 Å². The third-order valence-electron chi connectivity index (χ3n) is 1.94. The van der Waals surface area contributed by atoms with Crippen LogP contribution < -0.4 is 5.73 Å². The van der Waals surface area contributed by atoms with Gasteiger partial charge in [0, 0.05) is 18.9 Å². The first-order chi connectivity index (χ1) is 7.78. The smallest absolute Gasteiger partial charge is 0.193 e. The van der Waals surface area contributed by atoms with Crippen molar-refractivity contribution in [2.45, 2.75) is 23.7 Å².